The molecule has 2 fully saturated rings. The first-order chi connectivity index (χ1) is 16.5. The third kappa shape index (κ3) is 12.0. The molecule has 34 heavy (non-hydrogen) atoms. The Kier molecular flexibility index (Phi) is 16.3. The van der Waals surface area contributed by atoms with E-state index in [0.29, 0.717) is 24.7 Å². The van der Waals surface area contributed by atoms with Crippen LogP contribution in [-0.2, 0) is 9.53 Å². The van der Waals surface area contributed by atoms with Crippen molar-refractivity contribution >= 4 is 18.3 Å². The number of hydrogen-bond donors (Lipinski definition) is 2. The molecule has 194 valence electrons. The van der Waals surface area contributed by atoms with Crippen molar-refractivity contribution in [3.05, 3.63) is 23.3 Å². The molecule has 0 unspecified atom stereocenters. The van der Waals surface area contributed by atoms with Gasteiger partial charge in [-0.3, -0.25) is 9.79 Å². The summed E-state index contributed by atoms with van der Waals surface area (Å²) in [6.45, 7) is 9.32. The van der Waals surface area contributed by atoms with E-state index in [4.69, 9.17) is 9.84 Å². The average Bonchev–Trinajstić information content (AvgIpc) is 2.80. The van der Waals surface area contributed by atoms with Crippen molar-refractivity contribution in [2.75, 3.05) is 20.3 Å². The molecule has 0 saturated heterocycles. The Balaban J connectivity index is 0.000000340. The monoisotopic (exact) mass is 476 g/mol. The van der Waals surface area contributed by atoms with Crippen LogP contribution in [0.3, 0.4) is 0 Å². The summed E-state index contributed by atoms with van der Waals surface area (Å²) in [7, 11) is 1.55. The fourth-order valence-corrected chi connectivity index (χ4v) is 3.77. The molecule has 2 saturated carbocycles. The van der Waals surface area contributed by atoms with Gasteiger partial charge in [-0.25, -0.2) is 0 Å². The van der Waals surface area contributed by atoms with Gasteiger partial charge in [0, 0.05) is 19.4 Å². The van der Waals surface area contributed by atoms with Crippen molar-refractivity contribution in [3.8, 4) is 5.75 Å². The molecule has 2 aliphatic rings. The van der Waals surface area contributed by atoms with Crippen LogP contribution in [0.15, 0.2) is 17.1 Å². The van der Waals surface area contributed by atoms with E-state index in [-0.39, 0.29) is 6.61 Å². The molecular weight excluding hydrogens is 428 g/mol. The van der Waals surface area contributed by atoms with Gasteiger partial charge in [0.2, 0.25) is 6.41 Å². The second kappa shape index (κ2) is 18.4. The number of carbonyl (C=O) groups is 1. The smallest absolute Gasteiger partial charge is 0.207 e. The van der Waals surface area contributed by atoms with Crippen LogP contribution in [0.5, 0.6) is 5.75 Å². The van der Waals surface area contributed by atoms with Crippen molar-refractivity contribution in [2.24, 2.45) is 4.99 Å². The molecule has 0 bridgehead atoms. The predicted octanol–water partition coefficient (Wildman–Crippen LogP) is 6.24. The number of ether oxygens (including phenoxy) is 2. The van der Waals surface area contributed by atoms with Crippen molar-refractivity contribution < 1.29 is 19.4 Å². The summed E-state index contributed by atoms with van der Waals surface area (Å²) in [5, 5.41) is 10.7. The number of aryl methyl sites for hydroxylation is 1. The minimum Gasteiger partial charge on any atom is -0.488 e. The molecule has 3 rings (SSSR count). The third-order valence-corrected chi connectivity index (χ3v) is 6.14. The number of carbonyl (C=O) groups excluding carboxylic acids is 1. The minimum absolute atomic E-state index is 0.122. The highest BCUT2D eigenvalue weighted by Gasteiger charge is 2.21. The van der Waals surface area contributed by atoms with Crippen molar-refractivity contribution in [1.29, 1.82) is 0 Å². The highest BCUT2D eigenvalue weighted by molar-refractivity contribution is 5.69. The molecule has 0 aliphatic heterocycles. The molecule has 0 radical (unpaired) electrons. The zero-order chi connectivity index (χ0) is 25.2. The van der Waals surface area contributed by atoms with Crippen LogP contribution >= 0.6 is 0 Å². The zero-order valence-electron chi connectivity index (χ0n) is 22.1. The molecule has 2 N–H and O–H groups in total. The Morgan fingerprint density at radius 2 is 1.85 bits per heavy atom. The molecule has 6 nitrogen and oxygen atoms in total. The van der Waals surface area contributed by atoms with Gasteiger partial charge in [0.15, 0.2) is 0 Å². The van der Waals surface area contributed by atoms with E-state index < -0.39 is 0 Å². The number of methoxy groups -OCH3 is 1. The van der Waals surface area contributed by atoms with Crippen LogP contribution in [0.2, 0.25) is 0 Å². The van der Waals surface area contributed by atoms with Crippen LogP contribution in [0.25, 0.3) is 0 Å². The predicted molar refractivity (Wildman–Crippen MR) is 142 cm³/mol. The Morgan fingerprint density at radius 1 is 1.15 bits per heavy atom. The lowest BCUT2D eigenvalue weighted by molar-refractivity contribution is -0.110. The van der Waals surface area contributed by atoms with E-state index in [1.807, 2.05) is 6.21 Å². The topological polar surface area (TPSA) is 80.2 Å². The Bertz CT molecular complexity index is 694. The number of aliphatic hydroxyl groups is 1. The van der Waals surface area contributed by atoms with Crippen LogP contribution in [0.4, 0.5) is 5.69 Å². The molecular formula is C28H48N2O4. The van der Waals surface area contributed by atoms with Crippen molar-refractivity contribution in [3.63, 3.8) is 0 Å². The summed E-state index contributed by atoms with van der Waals surface area (Å²) in [5.74, 6) is 1.50. The molecule has 0 atom stereocenters. The van der Waals surface area contributed by atoms with Gasteiger partial charge >= 0.3 is 0 Å². The van der Waals surface area contributed by atoms with E-state index in [2.05, 4.69) is 54.9 Å². The standard InChI is InChI=1S/C18H27NO.C7H13NO.C3H8O2/c1-5-6-10-19-18-14(4)11-15(13(2)3)12-17(18)20-16-8-7-9-16;9-6-8-7-4-2-1-3-5-7;1-5-3-2-4/h10-13,16H,5-9H2,1-4H3;6-7H,1-5H2,(H,8,9);4H,2-3H2,1H3. The number of aliphatic hydroxyl groups excluding tert-OH is 1. The largest absolute Gasteiger partial charge is 0.488 e. The van der Waals surface area contributed by atoms with Gasteiger partial charge in [0.05, 0.1) is 19.3 Å². The normalized spacial score (nSPS) is 16.2. The number of unbranched alkanes of at least 4 members (excludes halogenated alkanes) is 1. The quantitative estimate of drug-likeness (QED) is 0.309. The molecule has 0 spiro atoms. The SMILES string of the molecule is CCCC=Nc1c(C)cc(C(C)C)cc1OC1CCC1.COCCO.O=CNC1CCCCC1. The number of nitrogens with one attached hydrogen (secondary N) is 1. The van der Waals surface area contributed by atoms with Crippen LogP contribution in [0, 0.1) is 6.92 Å². The number of rotatable bonds is 10. The summed E-state index contributed by atoms with van der Waals surface area (Å²) < 4.78 is 10.6. The van der Waals surface area contributed by atoms with E-state index in [1.54, 1.807) is 7.11 Å². The summed E-state index contributed by atoms with van der Waals surface area (Å²) in [6.07, 6.45) is 15.3. The third-order valence-electron chi connectivity index (χ3n) is 6.14. The summed E-state index contributed by atoms with van der Waals surface area (Å²) >= 11 is 0. The van der Waals surface area contributed by atoms with Gasteiger partial charge in [-0.15, -0.1) is 0 Å². The minimum atomic E-state index is 0.122. The first-order valence-corrected chi connectivity index (χ1v) is 13.1. The van der Waals surface area contributed by atoms with E-state index in [0.717, 1.165) is 30.7 Å². The Morgan fingerprint density at radius 3 is 2.32 bits per heavy atom. The average molecular weight is 477 g/mol. The number of aliphatic imine (C=N–C) groups is 1. The van der Waals surface area contributed by atoms with Crippen molar-refractivity contribution in [1.82, 2.24) is 5.32 Å². The summed E-state index contributed by atoms with van der Waals surface area (Å²) in [5.41, 5.74) is 3.58. The highest BCUT2D eigenvalue weighted by atomic mass is 16.5. The number of benzene rings is 1. The molecule has 1 aromatic carbocycles. The molecule has 1 aromatic rings. The maximum absolute atomic E-state index is 9.96. The van der Waals surface area contributed by atoms with Gasteiger partial charge in [0.25, 0.3) is 0 Å². The fraction of sp³-hybridized carbons (Fsp3) is 0.714. The second-order valence-corrected chi connectivity index (χ2v) is 9.45. The number of nitrogens with zero attached hydrogens (tertiary/aromatic N) is 1. The molecule has 6 heteroatoms. The lowest BCUT2D eigenvalue weighted by atomic mass is 9.95. The number of hydrogen-bond acceptors (Lipinski definition) is 5. The van der Waals surface area contributed by atoms with Gasteiger partial charge < -0.3 is 19.9 Å². The van der Waals surface area contributed by atoms with Gasteiger partial charge in [-0.05, 0) is 68.6 Å². The molecule has 2 aliphatic carbocycles. The molecule has 0 heterocycles. The van der Waals surface area contributed by atoms with Gasteiger partial charge in [-0.1, -0.05) is 52.5 Å². The zero-order valence-corrected chi connectivity index (χ0v) is 22.1. The maximum Gasteiger partial charge on any atom is 0.207 e. The van der Waals surface area contributed by atoms with E-state index in [9.17, 15) is 4.79 Å². The lowest BCUT2D eigenvalue weighted by Gasteiger charge is -2.28. The van der Waals surface area contributed by atoms with Crippen LogP contribution < -0.4 is 10.1 Å². The maximum atomic E-state index is 9.96. The van der Waals surface area contributed by atoms with Gasteiger partial charge in [0.1, 0.15) is 11.4 Å². The summed E-state index contributed by atoms with van der Waals surface area (Å²) in [4.78, 5) is 14.6. The summed E-state index contributed by atoms with van der Waals surface area (Å²) in [6, 6.07) is 4.92. The number of amides is 1. The van der Waals surface area contributed by atoms with E-state index in [1.165, 1.54) is 62.5 Å². The first kappa shape index (κ1) is 30.1. The van der Waals surface area contributed by atoms with Crippen molar-refractivity contribution in [2.45, 2.75) is 110 Å². The lowest BCUT2D eigenvalue weighted by Crippen LogP contribution is -2.29. The van der Waals surface area contributed by atoms with Gasteiger partial charge in [-0.2, -0.15) is 0 Å². The first-order valence-electron chi connectivity index (χ1n) is 13.1. The van der Waals surface area contributed by atoms with Crippen LogP contribution in [0.1, 0.15) is 102 Å². The second-order valence-electron chi connectivity index (χ2n) is 9.45. The van der Waals surface area contributed by atoms with Crippen LogP contribution in [-0.4, -0.2) is 50.2 Å². The molecule has 0 aromatic heterocycles. The van der Waals surface area contributed by atoms with E-state index >= 15 is 0 Å². The Hall–Kier alpha value is -1.92. The fourth-order valence-electron chi connectivity index (χ4n) is 3.77. The highest BCUT2D eigenvalue weighted by Crippen LogP contribution is 2.37. The Labute approximate surface area is 207 Å². The molecule has 1 amide bonds.